The lowest BCUT2D eigenvalue weighted by Crippen LogP contribution is -2.20. The van der Waals surface area contributed by atoms with E-state index in [1.54, 1.807) is 18.2 Å². The normalized spacial score (nSPS) is 28.6. The molecule has 4 heteroatoms. The van der Waals surface area contributed by atoms with Crippen molar-refractivity contribution in [2.75, 3.05) is 5.32 Å². The molecule has 2 aliphatic carbocycles. The van der Waals surface area contributed by atoms with Gasteiger partial charge in [-0.2, -0.15) is 0 Å². The molecule has 0 saturated heterocycles. The number of nitrogens with one attached hydrogen (secondary N) is 1. The first-order chi connectivity index (χ1) is 9.11. The van der Waals surface area contributed by atoms with Crippen molar-refractivity contribution in [1.29, 1.82) is 0 Å². The minimum atomic E-state index is 0.0935. The summed E-state index contributed by atoms with van der Waals surface area (Å²) in [6.45, 7) is 0. The van der Waals surface area contributed by atoms with Crippen LogP contribution in [-0.2, 0) is 4.79 Å². The summed E-state index contributed by atoms with van der Waals surface area (Å²) in [4.78, 5) is 12.1. The molecule has 1 N–H and O–H groups in total. The van der Waals surface area contributed by atoms with Gasteiger partial charge >= 0.3 is 0 Å². The first-order valence-electron chi connectivity index (χ1n) is 6.86. The summed E-state index contributed by atoms with van der Waals surface area (Å²) in [7, 11) is 0. The number of fused-ring (bicyclic) bond motifs is 2. The number of carbonyl (C=O) groups excluding carboxylic acids is 1. The zero-order valence-corrected chi connectivity index (χ0v) is 12.2. The summed E-state index contributed by atoms with van der Waals surface area (Å²) in [6, 6.07) is 5.19. The number of hydrogen-bond donors (Lipinski definition) is 1. The fraction of sp³-hybridized carbons (Fsp3) is 0.533. The van der Waals surface area contributed by atoms with E-state index in [1.807, 2.05) is 0 Å². The Balaban J connectivity index is 1.57. The van der Waals surface area contributed by atoms with Gasteiger partial charge in [-0.15, -0.1) is 0 Å². The molecule has 0 aliphatic heterocycles. The monoisotopic (exact) mass is 297 g/mol. The predicted octanol–water partition coefficient (Wildman–Crippen LogP) is 4.76. The molecule has 2 bridgehead atoms. The van der Waals surface area contributed by atoms with Crippen molar-refractivity contribution in [3.63, 3.8) is 0 Å². The lowest BCUT2D eigenvalue weighted by atomic mass is 9.86. The number of halogens is 2. The third-order valence-electron chi connectivity index (χ3n) is 4.54. The fourth-order valence-electron chi connectivity index (χ4n) is 3.65. The minimum absolute atomic E-state index is 0.0935. The Bertz CT molecular complexity index is 503. The van der Waals surface area contributed by atoms with E-state index in [-0.39, 0.29) is 5.91 Å². The lowest BCUT2D eigenvalue weighted by Gasteiger charge is -2.20. The topological polar surface area (TPSA) is 29.1 Å². The van der Waals surface area contributed by atoms with E-state index in [2.05, 4.69) is 5.32 Å². The van der Waals surface area contributed by atoms with Crippen LogP contribution in [0.2, 0.25) is 10.0 Å². The molecule has 102 valence electrons. The molecule has 2 saturated carbocycles. The number of amides is 1. The highest BCUT2D eigenvalue weighted by Gasteiger charge is 2.40. The van der Waals surface area contributed by atoms with E-state index >= 15 is 0 Å². The fourth-order valence-corrected chi connectivity index (χ4v) is 3.95. The first kappa shape index (κ1) is 13.3. The van der Waals surface area contributed by atoms with Crippen molar-refractivity contribution < 1.29 is 4.79 Å². The molecular weight excluding hydrogens is 281 g/mol. The minimum Gasteiger partial charge on any atom is -0.326 e. The van der Waals surface area contributed by atoms with Crippen LogP contribution < -0.4 is 5.32 Å². The van der Waals surface area contributed by atoms with Gasteiger partial charge in [0.1, 0.15) is 0 Å². The van der Waals surface area contributed by atoms with E-state index in [9.17, 15) is 4.79 Å². The van der Waals surface area contributed by atoms with Crippen LogP contribution in [0, 0.1) is 17.8 Å². The number of hydrogen-bond acceptors (Lipinski definition) is 1. The number of anilines is 1. The maximum absolute atomic E-state index is 12.1. The molecule has 1 aromatic carbocycles. The molecule has 1 aromatic rings. The van der Waals surface area contributed by atoms with E-state index in [1.165, 1.54) is 25.7 Å². The molecular formula is C15H17Cl2NO. The maximum Gasteiger partial charge on any atom is 0.224 e. The predicted molar refractivity (Wildman–Crippen MR) is 78.6 cm³/mol. The van der Waals surface area contributed by atoms with Crippen molar-refractivity contribution in [1.82, 2.24) is 0 Å². The highest BCUT2D eigenvalue weighted by atomic mass is 35.5. The van der Waals surface area contributed by atoms with Gasteiger partial charge in [-0.25, -0.2) is 0 Å². The van der Waals surface area contributed by atoms with E-state index in [0.717, 1.165) is 17.5 Å². The third-order valence-corrected chi connectivity index (χ3v) is 5.27. The van der Waals surface area contributed by atoms with E-state index < -0.39 is 0 Å². The molecule has 2 nitrogen and oxygen atoms in total. The van der Waals surface area contributed by atoms with Crippen LogP contribution in [0.1, 0.15) is 32.1 Å². The summed E-state index contributed by atoms with van der Waals surface area (Å²) < 4.78 is 0. The Morgan fingerprint density at radius 1 is 1.21 bits per heavy atom. The molecule has 0 spiro atoms. The second kappa shape index (κ2) is 5.34. The first-order valence-corrected chi connectivity index (χ1v) is 7.62. The lowest BCUT2D eigenvalue weighted by molar-refractivity contribution is -0.117. The number of rotatable bonds is 3. The van der Waals surface area contributed by atoms with E-state index in [0.29, 0.717) is 22.4 Å². The Labute approximate surface area is 123 Å². The van der Waals surface area contributed by atoms with Crippen LogP contribution in [0.3, 0.4) is 0 Å². The summed E-state index contributed by atoms with van der Waals surface area (Å²) in [6.07, 6.45) is 5.90. The van der Waals surface area contributed by atoms with Crippen LogP contribution >= 0.6 is 23.2 Å². The van der Waals surface area contributed by atoms with Crippen molar-refractivity contribution in [2.45, 2.75) is 32.1 Å². The summed E-state index contributed by atoms with van der Waals surface area (Å²) in [5.74, 6) is 2.34. The largest absolute Gasteiger partial charge is 0.326 e. The number of carbonyl (C=O) groups is 1. The average molecular weight is 298 g/mol. The highest BCUT2D eigenvalue weighted by Crippen LogP contribution is 2.49. The SMILES string of the molecule is O=C(C[C@H]1C[C@@H]2CC[C@H]1C2)Nc1ccc(Cl)c(Cl)c1. The number of benzene rings is 1. The molecule has 2 fully saturated rings. The molecule has 0 unspecified atom stereocenters. The summed E-state index contributed by atoms with van der Waals surface area (Å²) in [5.41, 5.74) is 0.725. The molecule has 3 rings (SSSR count). The van der Waals surface area contributed by atoms with Crippen molar-refractivity contribution in [3.05, 3.63) is 28.2 Å². The van der Waals surface area contributed by atoms with Crippen LogP contribution in [0.5, 0.6) is 0 Å². The Kier molecular flexibility index (Phi) is 3.72. The van der Waals surface area contributed by atoms with Gasteiger partial charge in [-0.05, 0) is 55.2 Å². The van der Waals surface area contributed by atoms with Gasteiger partial charge in [-0.3, -0.25) is 4.79 Å². The van der Waals surface area contributed by atoms with E-state index in [4.69, 9.17) is 23.2 Å². The maximum atomic E-state index is 12.1. The third kappa shape index (κ3) is 2.90. The van der Waals surface area contributed by atoms with Crippen LogP contribution in [-0.4, -0.2) is 5.91 Å². The zero-order chi connectivity index (χ0) is 13.4. The molecule has 0 radical (unpaired) electrons. The van der Waals surface area contributed by atoms with Gasteiger partial charge in [0.2, 0.25) is 5.91 Å². The molecule has 19 heavy (non-hydrogen) atoms. The van der Waals surface area contributed by atoms with Crippen LogP contribution in [0.25, 0.3) is 0 Å². The zero-order valence-electron chi connectivity index (χ0n) is 10.7. The van der Waals surface area contributed by atoms with Gasteiger partial charge in [0.15, 0.2) is 0 Å². The van der Waals surface area contributed by atoms with Crippen molar-refractivity contribution in [2.24, 2.45) is 17.8 Å². The second-order valence-corrected chi connectivity index (χ2v) is 6.63. The molecule has 2 aliphatic rings. The smallest absolute Gasteiger partial charge is 0.224 e. The Hall–Kier alpha value is -0.730. The average Bonchev–Trinajstić information content (AvgIpc) is 2.96. The van der Waals surface area contributed by atoms with Gasteiger partial charge in [0.25, 0.3) is 0 Å². The van der Waals surface area contributed by atoms with Gasteiger partial charge in [0, 0.05) is 12.1 Å². The Morgan fingerprint density at radius 3 is 2.68 bits per heavy atom. The second-order valence-electron chi connectivity index (χ2n) is 5.82. The van der Waals surface area contributed by atoms with Gasteiger partial charge in [0.05, 0.1) is 10.0 Å². The van der Waals surface area contributed by atoms with Gasteiger partial charge < -0.3 is 5.32 Å². The molecule has 0 aromatic heterocycles. The summed E-state index contributed by atoms with van der Waals surface area (Å²) in [5, 5.41) is 3.89. The van der Waals surface area contributed by atoms with Crippen LogP contribution in [0.15, 0.2) is 18.2 Å². The molecule has 1 amide bonds. The van der Waals surface area contributed by atoms with Crippen LogP contribution in [0.4, 0.5) is 5.69 Å². The summed E-state index contributed by atoms with van der Waals surface area (Å²) >= 11 is 11.8. The molecule has 3 atom stereocenters. The molecule has 0 heterocycles. The van der Waals surface area contributed by atoms with Crippen molar-refractivity contribution >= 4 is 34.8 Å². The Morgan fingerprint density at radius 2 is 2.05 bits per heavy atom. The quantitative estimate of drug-likeness (QED) is 0.856. The standard InChI is InChI=1S/C15H17Cl2NO/c16-13-4-3-12(8-14(13)17)18-15(19)7-11-6-9-1-2-10(11)5-9/h3-4,8-11H,1-2,5-7H2,(H,18,19)/t9-,10+,11-/m1/s1. The van der Waals surface area contributed by atoms with Gasteiger partial charge in [-0.1, -0.05) is 29.6 Å². The highest BCUT2D eigenvalue weighted by molar-refractivity contribution is 6.42. The van der Waals surface area contributed by atoms with Crippen molar-refractivity contribution in [3.8, 4) is 0 Å².